The first-order valence-corrected chi connectivity index (χ1v) is 8.74. The van der Waals surface area contributed by atoms with E-state index in [1.807, 2.05) is 34.2 Å². The summed E-state index contributed by atoms with van der Waals surface area (Å²) in [6, 6.07) is 10.8. The number of benzene rings is 1. The zero-order valence-electron chi connectivity index (χ0n) is 13.6. The van der Waals surface area contributed by atoms with Crippen LogP contribution >= 0.6 is 22.9 Å². The van der Waals surface area contributed by atoms with E-state index in [1.54, 1.807) is 30.6 Å². The first-order valence-electron chi connectivity index (χ1n) is 7.48. The van der Waals surface area contributed by atoms with Crippen LogP contribution in [-0.2, 0) is 6.54 Å². The largest absolute Gasteiger partial charge is 1.00 e. The number of thiazole rings is 1. The van der Waals surface area contributed by atoms with Gasteiger partial charge in [-0.25, -0.2) is 5.43 Å². The molecule has 0 bridgehead atoms. The first kappa shape index (κ1) is 20.1. The summed E-state index contributed by atoms with van der Waals surface area (Å²) in [4.78, 5) is 16.7. The van der Waals surface area contributed by atoms with Crippen molar-refractivity contribution in [3.63, 3.8) is 0 Å². The molecule has 1 amide bonds. The van der Waals surface area contributed by atoms with Crippen LogP contribution in [0.1, 0.15) is 10.4 Å². The normalized spacial score (nSPS) is 10.9. The molecule has 0 aliphatic heterocycles. The fourth-order valence-electron chi connectivity index (χ4n) is 2.24. The van der Waals surface area contributed by atoms with Crippen molar-refractivity contribution in [1.29, 1.82) is 0 Å². The van der Waals surface area contributed by atoms with Crippen LogP contribution in [0.5, 0.6) is 0 Å². The summed E-state index contributed by atoms with van der Waals surface area (Å²) in [6.07, 6.45) is 4.92. The summed E-state index contributed by atoms with van der Waals surface area (Å²) >= 11 is 7.40. The predicted molar refractivity (Wildman–Crippen MR) is 100 cm³/mol. The van der Waals surface area contributed by atoms with E-state index < -0.39 is 0 Å². The number of hydrogen-bond donors (Lipinski definition) is 1. The van der Waals surface area contributed by atoms with E-state index in [2.05, 4.69) is 22.1 Å². The van der Waals surface area contributed by atoms with Crippen LogP contribution in [0.2, 0.25) is 5.02 Å². The molecule has 5 nitrogen and oxygen atoms in total. The first-order chi connectivity index (χ1) is 12.2. The SMILES string of the molecule is C=CCn1c(-c2ccc(Cl)cc2)cs/c1=N/NC(=O)c1ccncc1.[Br-]. The van der Waals surface area contributed by atoms with Gasteiger partial charge >= 0.3 is 0 Å². The number of amides is 1. The van der Waals surface area contributed by atoms with E-state index in [1.165, 1.54) is 11.3 Å². The summed E-state index contributed by atoms with van der Waals surface area (Å²) < 4.78 is 1.98. The second-order valence-corrected chi connectivity index (χ2v) is 6.37. The van der Waals surface area contributed by atoms with Crippen molar-refractivity contribution >= 4 is 28.8 Å². The molecule has 0 unspecified atom stereocenters. The Hall–Kier alpha value is -2.22. The minimum atomic E-state index is -0.283. The molecular weight excluding hydrogens is 436 g/mol. The van der Waals surface area contributed by atoms with Gasteiger partial charge in [-0.05, 0) is 29.8 Å². The fourth-order valence-corrected chi connectivity index (χ4v) is 3.25. The van der Waals surface area contributed by atoms with E-state index in [0.717, 1.165) is 11.3 Å². The van der Waals surface area contributed by atoms with Crippen molar-refractivity contribution in [3.05, 3.63) is 82.2 Å². The molecule has 2 heterocycles. The van der Waals surface area contributed by atoms with Crippen molar-refractivity contribution in [2.75, 3.05) is 0 Å². The van der Waals surface area contributed by atoms with Crippen LogP contribution in [0.25, 0.3) is 11.3 Å². The molecule has 0 spiro atoms. The van der Waals surface area contributed by atoms with E-state index >= 15 is 0 Å². The van der Waals surface area contributed by atoms with Crippen LogP contribution < -0.4 is 27.2 Å². The Morgan fingerprint density at radius 1 is 1.27 bits per heavy atom. The molecule has 0 radical (unpaired) electrons. The average Bonchev–Trinajstić information content (AvgIpc) is 3.04. The Morgan fingerprint density at radius 2 is 1.96 bits per heavy atom. The van der Waals surface area contributed by atoms with E-state index in [-0.39, 0.29) is 22.9 Å². The molecular formula is C18H15BrClN4OS-. The highest BCUT2D eigenvalue weighted by Gasteiger charge is 2.08. The number of carbonyl (C=O) groups excluding carboxylic acids is 1. The fraction of sp³-hybridized carbons (Fsp3) is 0.0556. The summed E-state index contributed by atoms with van der Waals surface area (Å²) in [7, 11) is 0. The molecule has 0 saturated carbocycles. The number of allylic oxidation sites excluding steroid dienone is 1. The summed E-state index contributed by atoms with van der Waals surface area (Å²) in [5.74, 6) is -0.283. The Labute approximate surface area is 170 Å². The number of aromatic nitrogens is 2. The predicted octanol–water partition coefficient (Wildman–Crippen LogP) is 0.701. The van der Waals surface area contributed by atoms with Crippen molar-refractivity contribution in [2.24, 2.45) is 5.10 Å². The maximum atomic E-state index is 12.1. The number of carbonyl (C=O) groups is 1. The number of rotatable bonds is 5. The van der Waals surface area contributed by atoms with Gasteiger partial charge < -0.3 is 21.5 Å². The summed E-state index contributed by atoms with van der Waals surface area (Å²) in [5, 5.41) is 6.93. The lowest BCUT2D eigenvalue weighted by molar-refractivity contribution is -0.0000131. The average molecular weight is 451 g/mol. The molecule has 26 heavy (non-hydrogen) atoms. The maximum absolute atomic E-state index is 12.1. The highest BCUT2D eigenvalue weighted by atomic mass is 79.9. The van der Waals surface area contributed by atoms with E-state index in [0.29, 0.717) is 21.9 Å². The van der Waals surface area contributed by atoms with Crippen molar-refractivity contribution < 1.29 is 21.8 Å². The van der Waals surface area contributed by atoms with Crippen molar-refractivity contribution in [3.8, 4) is 11.3 Å². The monoisotopic (exact) mass is 449 g/mol. The van der Waals surface area contributed by atoms with Gasteiger partial charge in [0.1, 0.15) is 0 Å². The van der Waals surface area contributed by atoms with E-state index in [9.17, 15) is 4.79 Å². The van der Waals surface area contributed by atoms with Gasteiger partial charge in [0.05, 0.1) is 5.69 Å². The van der Waals surface area contributed by atoms with Crippen LogP contribution in [0.4, 0.5) is 0 Å². The van der Waals surface area contributed by atoms with Crippen molar-refractivity contribution in [2.45, 2.75) is 6.54 Å². The third kappa shape index (κ3) is 4.69. The summed E-state index contributed by atoms with van der Waals surface area (Å²) in [5.41, 5.74) is 5.09. The smallest absolute Gasteiger partial charge is 0.271 e. The van der Waals surface area contributed by atoms with Gasteiger partial charge in [0.2, 0.25) is 4.80 Å². The number of pyridine rings is 1. The zero-order valence-corrected chi connectivity index (χ0v) is 16.8. The van der Waals surface area contributed by atoms with E-state index in [4.69, 9.17) is 11.6 Å². The topological polar surface area (TPSA) is 59.3 Å². The molecule has 134 valence electrons. The number of nitrogens with one attached hydrogen (secondary N) is 1. The lowest BCUT2D eigenvalue weighted by Crippen LogP contribution is -3.00. The quantitative estimate of drug-likeness (QED) is 0.460. The maximum Gasteiger partial charge on any atom is 0.271 e. The molecule has 3 aromatic rings. The number of nitrogens with zero attached hydrogens (tertiary/aromatic N) is 3. The lowest BCUT2D eigenvalue weighted by atomic mass is 10.2. The Bertz CT molecular complexity index is 951. The zero-order chi connectivity index (χ0) is 17.6. The lowest BCUT2D eigenvalue weighted by Gasteiger charge is -2.06. The molecule has 0 atom stereocenters. The van der Waals surface area contributed by atoms with Crippen LogP contribution in [-0.4, -0.2) is 15.5 Å². The highest BCUT2D eigenvalue weighted by Crippen LogP contribution is 2.22. The Kier molecular flexibility index (Phi) is 7.32. The van der Waals surface area contributed by atoms with Crippen LogP contribution in [0.3, 0.4) is 0 Å². The Balaban J connectivity index is 0.00000243. The highest BCUT2D eigenvalue weighted by molar-refractivity contribution is 7.07. The molecule has 1 N–H and O–H groups in total. The third-order valence-corrected chi connectivity index (χ3v) is 4.56. The van der Waals surface area contributed by atoms with Gasteiger partial charge in [0, 0.05) is 34.9 Å². The Morgan fingerprint density at radius 3 is 2.62 bits per heavy atom. The minimum Gasteiger partial charge on any atom is -1.00 e. The molecule has 0 fully saturated rings. The second-order valence-electron chi connectivity index (χ2n) is 5.10. The van der Waals surface area contributed by atoms with Gasteiger partial charge in [-0.3, -0.25) is 9.78 Å². The van der Waals surface area contributed by atoms with Crippen molar-refractivity contribution in [1.82, 2.24) is 15.0 Å². The van der Waals surface area contributed by atoms with Crippen LogP contribution in [0.15, 0.2) is 71.9 Å². The molecule has 3 rings (SSSR count). The van der Waals surface area contributed by atoms with Gasteiger partial charge in [0.25, 0.3) is 5.91 Å². The molecule has 0 aliphatic carbocycles. The number of hydrogen-bond acceptors (Lipinski definition) is 4. The van der Waals surface area contributed by atoms with Gasteiger partial charge in [-0.15, -0.1) is 23.0 Å². The van der Waals surface area contributed by atoms with Gasteiger partial charge in [-0.1, -0.05) is 29.8 Å². The van der Waals surface area contributed by atoms with Crippen LogP contribution in [0, 0.1) is 0 Å². The van der Waals surface area contributed by atoms with Gasteiger partial charge in [0.15, 0.2) is 0 Å². The molecule has 1 aromatic carbocycles. The molecule has 8 heteroatoms. The second kappa shape index (κ2) is 9.47. The number of halogens is 2. The molecule has 2 aromatic heterocycles. The third-order valence-electron chi connectivity index (χ3n) is 3.44. The molecule has 0 aliphatic rings. The standard InChI is InChI=1S/C18H15ClN4OS.BrH/c1-2-11-23-16(13-3-5-15(19)6-4-13)12-25-18(23)22-21-17(24)14-7-9-20-10-8-14;/h2-10,12H,1,11H2,(H,21,24);1H/p-1/b22-18+;. The van der Waals surface area contributed by atoms with Gasteiger partial charge in [-0.2, -0.15) is 0 Å². The molecule has 0 saturated heterocycles. The summed E-state index contributed by atoms with van der Waals surface area (Å²) in [6.45, 7) is 4.37. The minimum absolute atomic E-state index is 0.